The van der Waals surface area contributed by atoms with Crippen molar-refractivity contribution in [2.45, 2.75) is 18.2 Å². The van der Waals surface area contributed by atoms with Crippen LogP contribution in [0.4, 0.5) is 5.69 Å². The van der Waals surface area contributed by atoms with Crippen molar-refractivity contribution < 1.29 is 18.0 Å². The first-order valence-electron chi connectivity index (χ1n) is 7.75. The van der Waals surface area contributed by atoms with Crippen LogP contribution in [-0.2, 0) is 21.2 Å². The van der Waals surface area contributed by atoms with E-state index in [1.54, 1.807) is 24.3 Å². The van der Waals surface area contributed by atoms with Gasteiger partial charge in [0.25, 0.3) is 0 Å². The Morgan fingerprint density at radius 1 is 1.26 bits per heavy atom. The number of anilines is 1. The lowest BCUT2D eigenvalue weighted by Gasteiger charge is -2.08. The predicted molar refractivity (Wildman–Crippen MR) is 101 cm³/mol. The van der Waals surface area contributed by atoms with Crippen LogP contribution in [0.15, 0.2) is 47.5 Å². The number of primary sulfonamides is 1. The molecule has 0 fully saturated rings. The van der Waals surface area contributed by atoms with Crippen molar-refractivity contribution in [2.24, 2.45) is 5.14 Å². The number of fused-ring (bicyclic) bond motifs is 1. The maximum absolute atomic E-state index is 12.3. The number of halogens is 1. The smallest absolute Gasteiger partial charge is 0.243 e. The Balaban J connectivity index is 1.98. The number of carbonyl (C=O) groups is 2. The van der Waals surface area contributed by atoms with Gasteiger partial charge in [-0.3, -0.25) is 9.59 Å². The zero-order valence-electron chi connectivity index (χ0n) is 14.1. The molecule has 0 radical (unpaired) electrons. The molecule has 2 aromatic carbocycles. The molecule has 0 spiro atoms. The minimum atomic E-state index is -4.10. The van der Waals surface area contributed by atoms with Crippen molar-refractivity contribution in [1.29, 1.82) is 0 Å². The second-order valence-corrected chi connectivity index (χ2v) is 7.80. The Bertz CT molecular complexity index is 1170. The molecule has 0 aliphatic rings. The molecule has 3 N–H and O–H groups in total. The average Bonchev–Trinajstić information content (AvgIpc) is 2.99. The van der Waals surface area contributed by atoms with E-state index in [1.165, 1.54) is 25.3 Å². The molecule has 10 heteroatoms. The van der Waals surface area contributed by atoms with E-state index < -0.39 is 21.8 Å². The lowest BCUT2D eigenvalue weighted by Crippen LogP contribution is -2.16. The summed E-state index contributed by atoms with van der Waals surface area (Å²) in [5.74, 6) is -0.787. The van der Waals surface area contributed by atoms with Crippen molar-refractivity contribution in [2.75, 3.05) is 5.32 Å². The van der Waals surface area contributed by atoms with E-state index in [4.69, 9.17) is 16.7 Å². The Kier molecular flexibility index (Phi) is 5.01. The third-order valence-electron chi connectivity index (χ3n) is 3.81. The minimum absolute atomic E-state index is 0.00427. The first-order chi connectivity index (χ1) is 12.6. The van der Waals surface area contributed by atoms with Crippen LogP contribution in [0.3, 0.4) is 0 Å². The molecular formula is C17H15ClN4O4S. The highest BCUT2D eigenvalue weighted by Crippen LogP contribution is 2.26. The molecule has 0 saturated carbocycles. The Morgan fingerprint density at radius 2 is 1.96 bits per heavy atom. The number of rotatable bonds is 4. The molecule has 140 valence electrons. The third kappa shape index (κ3) is 4.16. The Labute approximate surface area is 160 Å². The summed E-state index contributed by atoms with van der Waals surface area (Å²) in [5.41, 5.74) is 1.03. The van der Waals surface area contributed by atoms with E-state index >= 15 is 0 Å². The molecule has 0 bridgehead atoms. The molecule has 8 nitrogen and oxygen atoms in total. The van der Waals surface area contributed by atoms with Crippen molar-refractivity contribution in [3.05, 3.63) is 53.2 Å². The molecule has 1 amide bonds. The van der Waals surface area contributed by atoms with Crippen LogP contribution in [-0.4, -0.2) is 30.0 Å². The number of benzene rings is 2. The zero-order valence-corrected chi connectivity index (χ0v) is 15.7. The zero-order chi connectivity index (χ0) is 19.8. The van der Waals surface area contributed by atoms with Gasteiger partial charge in [-0.05, 0) is 23.8 Å². The lowest BCUT2D eigenvalue weighted by atomic mass is 10.1. The van der Waals surface area contributed by atoms with Gasteiger partial charge >= 0.3 is 0 Å². The van der Waals surface area contributed by atoms with Crippen molar-refractivity contribution >= 4 is 50.0 Å². The maximum Gasteiger partial charge on any atom is 0.243 e. The number of hydrogen-bond acceptors (Lipinski definition) is 5. The van der Waals surface area contributed by atoms with Crippen molar-refractivity contribution in [1.82, 2.24) is 9.78 Å². The fourth-order valence-corrected chi connectivity index (χ4v) is 3.54. The quantitative estimate of drug-likeness (QED) is 0.687. The first kappa shape index (κ1) is 19.0. The van der Waals surface area contributed by atoms with Gasteiger partial charge in [0.05, 0.1) is 16.8 Å². The summed E-state index contributed by atoms with van der Waals surface area (Å²) in [5, 5.41) is 12.6. The standard InChI is InChI=1S/C17H15ClN4O4S/c1-10(23)22-9-13-15(21-22)7-12(8-16(13)27(19,25)26)20-17(24)6-11-4-2-3-5-14(11)18/h2-5,7-9H,6H2,1H3,(H,20,24)(H2,19,25,26). The summed E-state index contributed by atoms with van der Waals surface area (Å²) in [6, 6.07) is 9.59. The number of amides is 1. The molecule has 1 aromatic heterocycles. The van der Waals surface area contributed by atoms with Crippen LogP contribution < -0.4 is 10.5 Å². The second-order valence-electron chi connectivity index (χ2n) is 5.86. The van der Waals surface area contributed by atoms with E-state index in [2.05, 4.69) is 10.4 Å². The molecule has 1 heterocycles. The molecule has 0 aliphatic heterocycles. The fourth-order valence-electron chi connectivity index (χ4n) is 2.58. The summed E-state index contributed by atoms with van der Waals surface area (Å²) in [4.78, 5) is 23.6. The molecule has 0 saturated heterocycles. The van der Waals surface area contributed by atoms with Gasteiger partial charge in [-0.2, -0.15) is 5.10 Å². The van der Waals surface area contributed by atoms with Gasteiger partial charge in [-0.1, -0.05) is 29.8 Å². The number of carbonyl (C=O) groups excluding carboxylic acids is 2. The SMILES string of the molecule is CC(=O)n1cc2c(S(N)(=O)=O)cc(NC(=O)Cc3ccccc3Cl)cc2n1. The largest absolute Gasteiger partial charge is 0.326 e. The summed E-state index contributed by atoms with van der Waals surface area (Å²) < 4.78 is 24.9. The maximum atomic E-state index is 12.3. The number of nitrogens with zero attached hydrogens (tertiary/aromatic N) is 2. The first-order valence-corrected chi connectivity index (χ1v) is 9.68. The Hall–Kier alpha value is -2.75. The molecular weight excluding hydrogens is 392 g/mol. The molecule has 27 heavy (non-hydrogen) atoms. The van der Waals surface area contributed by atoms with Crippen LogP contribution in [0.1, 0.15) is 17.3 Å². The molecule has 3 aromatic rings. The topological polar surface area (TPSA) is 124 Å². The normalized spacial score (nSPS) is 11.5. The second kappa shape index (κ2) is 7.10. The van der Waals surface area contributed by atoms with Crippen LogP contribution in [0.5, 0.6) is 0 Å². The van der Waals surface area contributed by atoms with Crippen LogP contribution in [0, 0.1) is 0 Å². The van der Waals surface area contributed by atoms with Crippen LogP contribution >= 0.6 is 11.6 Å². The highest BCUT2D eigenvalue weighted by Gasteiger charge is 2.19. The molecule has 0 unspecified atom stereocenters. The van der Waals surface area contributed by atoms with Gasteiger partial charge in [0.1, 0.15) is 0 Å². The Morgan fingerprint density at radius 3 is 2.59 bits per heavy atom. The van der Waals surface area contributed by atoms with Crippen LogP contribution in [0.25, 0.3) is 10.9 Å². The van der Waals surface area contributed by atoms with E-state index in [0.717, 1.165) is 4.68 Å². The summed E-state index contributed by atoms with van der Waals surface area (Å²) >= 11 is 6.05. The van der Waals surface area contributed by atoms with E-state index in [-0.39, 0.29) is 27.9 Å². The average molecular weight is 407 g/mol. The summed E-state index contributed by atoms with van der Waals surface area (Å²) in [7, 11) is -4.10. The van der Waals surface area contributed by atoms with Crippen LogP contribution in [0.2, 0.25) is 5.02 Å². The van der Waals surface area contributed by atoms with Gasteiger partial charge in [0.2, 0.25) is 21.8 Å². The lowest BCUT2D eigenvalue weighted by molar-refractivity contribution is -0.115. The summed E-state index contributed by atoms with van der Waals surface area (Å²) in [6.07, 6.45) is 1.29. The number of nitrogens with one attached hydrogen (secondary N) is 1. The van der Waals surface area contributed by atoms with Gasteiger partial charge in [0, 0.05) is 29.2 Å². The number of hydrogen-bond donors (Lipinski definition) is 2. The summed E-state index contributed by atoms with van der Waals surface area (Å²) in [6.45, 7) is 1.29. The van der Waals surface area contributed by atoms with E-state index in [9.17, 15) is 18.0 Å². The highest BCUT2D eigenvalue weighted by atomic mass is 35.5. The molecule has 3 rings (SSSR count). The van der Waals surface area contributed by atoms with Gasteiger partial charge in [-0.15, -0.1) is 0 Å². The number of sulfonamides is 1. The number of aromatic nitrogens is 2. The highest BCUT2D eigenvalue weighted by molar-refractivity contribution is 7.89. The van der Waals surface area contributed by atoms with Crippen molar-refractivity contribution in [3.63, 3.8) is 0 Å². The van der Waals surface area contributed by atoms with Gasteiger partial charge in [0.15, 0.2) is 0 Å². The fraction of sp³-hybridized carbons (Fsp3) is 0.118. The third-order valence-corrected chi connectivity index (χ3v) is 5.13. The minimum Gasteiger partial charge on any atom is -0.326 e. The van der Waals surface area contributed by atoms with E-state index in [1.807, 2.05) is 0 Å². The molecule has 0 atom stereocenters. The number of nitrogens with two attached hydrogens (primary N) is 1. The van der Waals surface area contributed by atoms with Gasteiger partial charge in [-0.25, -0.2) is 18.2 Å². The molecule has 0 aliphatic carbocycles. The van der Waals surface area contributed by atoms with Crippen molar-refractivity contribution in [3.8, 4) is 0 Å². The van der Waals surface area contributed by atoms with Gasteiger partial charge < -0.3 is 5.32 Å². The predicted octanol–water partition coefficient (Wildman–Crippen LogP) is 2.18. The van der Waals surface area contributed by atoms with E-state index in [0.29, 0.717) is 10.6 Å². The monoisotopic (exact) mass is 406 g/mol.